The molecule has 0 atom stereocenters. The third-order valence-corrected chi connectivity index (χ3v) is 5.04. The van der Waals surface area contributed by atoms with Crippen molar-refractivity contribution in [2.24, 2.45) is 0 Å². The second-order valence-electron chi connectivity index (χ2n) is 6.87. The summed E-state index contributed by atoms with van der Waals surface area (Å²) in [6.07, 6.45) is 2.49. The summed E-state index contributed by atoms with van der Waals surface area (Å²) >= 11 is 0. The van der Waals surface area contributed by atoms with E-state index in [1.54, 1.807) is 0 Å². The summed E-state index contributed by atoms with van der Waals surface area (Å²) in [6, 6.07) is 8.04. The van der Waals surface area contributed by atoms with Crippen molar-refractivity contribution in [1.29, 1.82) is 0 Å². The topological polar surface area (TPSA) is 90.1 Å². The van der Waals surface area contributed by atoms with Gasteiger partial charge in [-0.05, 0) is 17.5 Å². The highest BCUT2D eigenvalue weighted by Gasteiger charge is 2.21. The molecule has 2 aromatic rings. The lowest BCUT2D eigenvalue weighted by Gasteiger charge is -2.15. The van der Waals surface area contributed by atoms with Crippen molar-refractivity contribution in [1.82, 2.24) is 25.7 Å². The molecule has 1 aromatic heterocycles. The van der Waals surface area contributed by atoms with Crippen LogP contribution < -0.4 is 10.6 Å². The van der Waals surface area contributed by atoms with Crippen molar-refractivity contribution in [3.63, 3.8) is 0 Å². The Bertz CT molecular complexity index is 812. The molecule has 7 nitrogen and oxygen atoms in total. The number of carbonyl (C=O) groups is 2. The maximum absolute atomic E-state index is 12.4. The van der Waals surface area contributed by atoms with Gasteiger partial charge in [-0.25, -0.2) is 0 Å². The monoisotopic (exact) mass is 353 g/mol. The first-order chi connectivity index (χ1) is 12.7. The van der Waals surface area contributed by atoms with Crippen molar-refractivity contribution in [2.75, 3.05) is 13.1 Å². The van der Waals surface area contributed by atoms with E-state index >= 15 is 0 Å². The van der Waals surface area contributed by atoms with E-state index in [4.69, 9.17) is 0 Å². The molecule has 0 unspecified atom stereocenters. The Morgan fingerprint density at radius 2 is 2.00 bits per heavy atom. The van der Waals surface area contributed by atoms with Gasteiger partial charge in [0.2, 0.25) is 5.91 Å². The maximum Gasteiger partial charge on any atom is 0.272 e. The van der Waals surface area contributed by atoms with E-state index in [2.05, 4.69) is 20.8 Å². The fourth-order valence-electron chi connectivity index (χ4n) is 3.53. The Morgan fingerprint density at radius 1 is 1.19 bits per heavy atom. The van der Waals surface area contributed by atoms with Gasteiger partial charge >= 0.3 is 0 Å². The normalized spacial score (nSPS) is 16.6. The number of rotatable bonds is 5. The molecule has 1 fully saturated rings. The van der Waals surface area contributed by atoms with Crippen LogP contribution in [0.3, 0.4) is 0 Å². The van der Waals surface area contributed by atoms with E-state index in [0.717, 1.165) is 48.3 Å². The Morgan fingerprint density at radius 3 is 2.77 bits per heavy atom. The molecule has 1 aromatic carbocycles. The molecule has 4 rings (SSSR count). The average Bonchev–Trinajstić information content (AvgIpc) is 3.27. The van der Waals surface area contributed by atoms with Gasteiger partial charge in [-0.3, -0.25) is 14.7 Å². The van der Waals surface area contributed by atoms with Crippen LogP contribution in [0.5, 0.6) is 0 Å². The molecule has 0 aliphatic carbocycles. The van der Waals surface area contributed by atoms with E-state index < -0.39 is 0 Å². The number of aromatic amines is 1. The largest absolute Gasteiger partial charge is 0.347 e. The number of amides is 2. The van der Waals surface area contributed by atoms with Crippen molar-refractivity contribution in [3.8, 4) is 0 Å². The molecule has 2 amide bonds. The highest BCUT2D eigenvalue weighted by molar-refractivity contribution is 5.94. The third kappa shape index (κ3) is 3.48. The van der Waals surface area contributed by atoms with Gasteiger partial charge in [0.25, 0.3) is 5.91 Å². The highest BCUT2D eigenvalue weighted by Crippen LogP contribution is 2.16. The van der Waals surface area contributed by atoms with Gasteiger partial charge in [-0.1, -0.05) is 24.3 Å². The number of benzene rings is 1. The first-order valence-corrected chi connectivity index (χ1v) is 9.11. The van der Waals surface area contributed by atoms with E-state index in [9.17, 15) is 9.59 Å². The fraction of sp³-hybridized carbons (Fsp3) is 0.421. The lowest BCUT2D eigenvalue weighted by Crippen LogP contribution is -2.28. The molecule has 0 bridgehead atoms. The minimum Gasteiger partial charge on any atom is -0.347 e. The number of H-pyrrole nitrogens is 1. The second kappa shape index (κ2) is 7.29. The van der Waals surface area contributed by atoms with E-state index in [0.29, 0.717) is 31.7 Å². The number of carbonyl (C=O) groups excluding carboxylic acids is 2. The number of hydrogen-bond acceptors (Lipinski definition) is 4. The lowest BCUT2D eigenvalue weighted by atomic mass is 10.1. The quantitative estimate of drug-likeness (QED) is 0.751. The first kappa shape index (κ1) is 16.8. The summed E-state index contributed by atoms with van der Waals surface area (Å²) in [7, 11) is 0. The SMILES string of the molecule is O=C(NCc1ccc(CN2CCCC2=O)cc1)c1n[nH]c2c1CNCC2. The molecule has 26 heavy (non-hydrogen) atoms. The molecular weight excluding hydrogens is 330 g/mol. The number of aromatic nitrogens is 2. The maximum atomic E-state index is 12.4. The summed E-state index contributed by atoms with van der Waals surface area (Å²) in [5.41, 5.74) is 4.64. The smallest absolute Gasteiger partial charge is 0.272 e. The zero-order chi connectivity index (χ0) is 17.9. The molecule has 2 aliphatic rings. The number of nitrogens with one attached hydrogen (secondary N) is 3. The number of nitrogens with zero attached hydrogens (tertiary/aromatic N) is 2. The van der Waals surface area contributed by atoms with Crippen molar-refractivity contribution >= 4 is 11.8 Å². The van der Waals surface area contributed by atoms with Gasteiger partial charge in [0, 0.05) is 56.8 Å². The average molecular weight is 353 g/mol. The van der Waals surface area contributed by atoms with Gasteiger partial charge in [0.05, 0.1) is 0 Å². The minimum atomic E-state index is -0.155. The zero-order valence-corrected chi connectivity index (χ0v) is 14.7. The van der Waals surface area contributed by atoms with Crippen LogP contribution in [-0.4, -0.2) is 40.0 Å². The van der Waals surface area contributed by atoms with E-state index in [1.807, 2.05) is 29.2 Å². The van der Waals surface area contributed by atoms with Crippen LogP contribution in [0.1, 0.15) is 45.7 Å². The molecule has 1 saturated heterocycles. The summed E-state index contributed by atoms with van der Waals surface area (Å²) in [6.45, 7) is 3.55. The molecule has 0 spiro atoms. The van der Waals surface area contributed by atoms with Crippen LogP contribution in [-0.2, 0) is 30.8 Å². The Balaban J connectivity index is 1.34. The highest BCUT2D eigenvalue weighted by atomic mass is 16.2. The van der Waals surface area contributed by atoms with Gasteiger partial charge in [0.1, 0.15) is 0 Å². The number of hydrogen-bond donors (Lipinski definition) is 3. The van der Waals surface area contributed by atoms with Crippen LogP contribution in [0.25, 0.3) is 0 Å². The van der Waals surface area contributed by atoms with Crippen LogP contribution >= 0.6 is 0 Å². The summed E-state index contributed by atoms with van der Waals surface area (Å²) in [5, 5.41) is 13.3. The summed E-state index contributed by atoms with van der Waals surface area (Å²) < 4.78 is 0. The molecule has 2 aliphatic heterocycles. The second-order valence-corrected chi connectivity index (χ2v) is 6.87. The summed E-state index contributed by atoms with van der Waals surface area (Å²) in [5.74, 6) is 0.0797. The molecule has 136 valence electrons. The number of likely N-dealkylation sites (tertiary alicyclic amines) is 1. The minimum absolute atomic E-state index is 0.155. The first-order valence-electron chi connectivity index (χ1n) is 9.11. The number of fused-ring (bicyclic) bond motifs is 1. The van der Waals surface area contributed by atoms with Gasteiger partial charge in [-0.2, -0.15) is 5.10 Å². The Kier molecular flexibility index (Phi) is 4.71. The van der Waals surface area contributed by atoms with Crippen LogP contribution in [0.15, 0.2) is 24.3 Å². The van der Waals surface area contributed by atoms with Crippen LogP contribution in [0.2, 0.25) is 0 Å². The van der Waals surface area contributed by atoms with Crippen molar-refractivity contribution in [2.45, 2.75) is 38.9 Å². The van der Waals surface area contributed by atoms with Gasteiger partial charge < -0.3 is 15.5 Å². The molecule has 0 saturated carbocycles. The molecule has 7 heteroatoms. The van der Waals surface area contributed by atoms with Crippen LogP contribution in [0, 0.1) is 0 Å². The predicted octanol–water partition coefficient (Wildman–Crippen LogP) is 1.11. The summed E-state index contributed by atoms with van der Waals surface area (Å²) in [4.78, 5) is 26.0. The zero-order valence-electron chi connectivity index (χ0n) is 14.7. The van der Waals surface area contributed by atoms with E-state index in [1.165, 1.54) is 0 Å². The Hall–Kier alpha value is -2.67. The van der Waals surface area contributed by atoms with E-state index in [-0.39, 0.29) is 11.8 Å². The predicted molar refractivity (Wildman–Crippen MR) is 96.3 cm³/mol. The molecule has 3 heterocycles. The lowest BCUT2D eigenvalue weighted by molar-refractivity contribution is -0.128. The van der Waals surface area contributed by atoms with Crippen molar-refractivity contribution in [3.05, 3.63) is 52.3 Å². The molecule has 0 radical (unpaired) electrons. The molecule has 3 N–H and O–H groups in total. The van der Waals surface area contributed by atoms with Crippen LogP contribution in [0.4, 0.5) is 0 Å². The van der Waals surface area contributed by atoms with Gasteiger partial charge in [0.15, 0.2) is 5.69 Å². The fourth-order valence-corrected chi connectivity index (χ4v) is 3.53. The van der Waals surface area contributed by atoms with Gasteiger partial charge in [-0.15, -0.1) is 0 Å². The van der Waals surface area contributed by atoms with Crippen molar-refractivity contribution < 1.29 is 9.59 Å². The third-order valence-electron chi connectivity index (χ3n) is 5.04. The Labute approximate surface area is 152 Å². The molecular formula is C19H23N5O2. The standard InChI is InChI=1S/C19H23N5O2/c25-17-2-1-9-24(17)12-14-5-3-13(4-6-14)10-21-19(26)18-15-11-20-8-7-16(15)22-23-18/h3-6,20H,1-2,7-12H2,(H,21,26)(H,22,23).